The molecule has 1 aliphatic heterocycles. The predicted molar refractivity (Wildman–Crippen MR) is 157 cm³/mol. The molecule has 0 unspecified atom stereocenters. The number of ether oxygens (including phenoxy) is 1. The molecule has 1 saturated heterocycles. The first-order chi connectivity index (χ1) is 21.5. The number of amides is 2. The molecule has 0 saturated carbocycles. The molecule has 0 aliphatic carbocycles. The van der Waals surface area contributed by atoms with Gasteiger partial charge in [-0.1, -0.05) is 61.9 Å². The Morgan fingerprint density at radius 1 is 1.04 bits per heavy atom. The van der Waals surface area contributed by atoms with E-state index in [4.69, 9.17) is 4.74 Å². The molecule has 2 amide bonds. The highest BCUT2D eigenvalue weighted by molar-refractivity contribution is 5.97. The Bertz CT molecular complexity index is 1980. The maximum atomic E-state index is 14.5. The van der Waals surface area contributed by atoms with Crippen LogP contribution in [0.25, 0.3) is 27.5 Å². The molecule has 3 heterocycles. The number of aromatic nitrogens is 3. The van der Waals surface area contributed by atoms with Crippen molar-refractivity contribution in [2.75, 3.05) is 19.7 Å². The summed E-state index contributed by atoms with van der Waals surface area (Å²) < 4.78 is 63.1. The first-order valence-corrected chi connectivity index (χ1v) is 14.2. The molecule has 6 rings (SSSR count). The summed E-state index contributed by atoms with van der Waals surface area (Å²) in [6, 6.07) is 17.8. The van der Waals surface area contributed by atoms with E-state index in [2.05, 4.69) is 15.4 Å². The van der Waals surface area contributed by atoms with Crippen LogP contribution in [0.3, 0.4) is 0 Å². The zero-order valence-electron chi connectivity index (χ0n) is 24.0. The average molecular weight is 622 g/mol. The second-order valence-corrected chi connectivity index (χ2v) is 10.9. The minimum absolute atomic E-state index is 0.142. The van der Waals surface area contributed by atoms with Crippen LogP contribution in [-0.4, -0.2) is 51.2 Å². The van der Waals surface area contributed by atoms with Crippen LogP contribution in [0.5, 0.6) is 0 Å². The number of hydrogen-bond acceptors (Lipinski definition) is 5. The maximum Gasteiger partial charge on any atom is 0.421 e. The molecule has 45 heavy (non-hydrogen) atoms. The molecule has 0 radical (unpaired) electrons. The predicted octanol–water partition coefficient (Wildman–Crippen LogP) is 5.88. The number of nitrogens with zero attached hydrogens (tertiary/aromatic N) is 3. The van der Waals surface area contributed by atoms with Crippen molar-refractivity contribution in [2.24, 2.45) is 0 Å². The summed E-state index contributed by atoms with van der Waals surface area (Å²) >= 11 is 0. The molecule has 13 heteroatoms. The first kappa shape index (κ1) is 29.9. The molecule has 1 fully saturated rings. The van der Waals surface area contributed by atoms with Gasteiger partial charge < -0.3 is 19.9 Å². The second kappa shape index (κ2) is 11.4. The third-order valence-corrected chi connectivity index (χ3v) is 7.84. The van der Waals surface area contributed by atoms with Gasteiger partial charge in [0.2, 0.25) is 0 Å². The van der Waals surface area contributed by atoms with E-state index < -0.39 is 51.9 Å². The Morgan fingerprint density at radius 3 is 2.44 bits per heavy atom. The number of nitrogens with one attached hydrogen (secondary N) is 2. The van der Waals surface area contributed by atoms with Gasteiger partial charge in [0.05, 0.1) is 31.6 Å². The Hall–Kier alpha value is -5.20. The minimum Gasteiger partial charge on any atom is -0.449 e. The van der Waals surface area contributed by atoms with E-state index >= 15 is 0 Å². The molecular formula is C32H27F4N5O4. The summed E-state index contributed by atoms with van der Waals surface area (Å²) in [5.41, 5.74) is -4.73. The van der Waals surface area contributed by atoms with E-state index in [1.54, 1.807) is 12.1 Å². The zero-order valence-corrected chi connectivity index (χ0v) is 24.0. The lowest BCUT2D eigenvalue weighted by atomic mass is 9.82. The van der Waals surface area contributed by atoms with Crippen LogP contribution in [0.4, 0.5) is 22.4 Å². The standard InChI is InChI=1S/C32H27F4N5O4/c1-2-3-14-45-30(44)40-17-31(18-40,22-10-12-23(33)13-11-22)38-28(42)26-25(32(34,35)36)27-29(43)37-24(16-41(27)39-26)21-9-8-19-6-4-5-7-20(19)15-21/h4-13,15-16H,2-3,14,17-18H2,1H3,(H,37,43)(H,38,42). The largest absolute Gasteiger partial charge is 0.449 e. The van der Waals surface area contributed by atoms with Crippen molar-refractivity contribution < 1.29 is 31.9 Å². The van der Waals surface area contributed by atoms with Gasteiger partial charge in [-0.3, -0.25) is 9.59 Å². The molecule has 2 N–H and O–H groups in total. The quantitative estimate of drug-likeness (QED) is 0.174. The number of likely N-dealkylation sites (tertiary alicyclic amines) is 1. The van der Waals surface area contributed by atoms with Gasteiger partial charge in [0, 0.05) is 5.56 Å². The summed E-state index contributed by atoms with van der Waals surface area (Å²) in [6.45, 7) is 1.83. The number of halogens is 4. The van der Waals surface area contributed by atoms with Crippen molar-refractivity contribution in [3.05, 3.63) is 106 Å². The van der Waals surface area contributed by atoms with E-state index in [9.17, 15) is 31.9 Å². The van der Waals surface area contributed by atoms with Gasteiger partial charge in [0.15, 0.2) is 5.69 Å². The number of unbranched alkanes of at least 4 members (excludes halogenated alkanes) is 1. The highest BCUT2D eigenvalue weighted by Gasteiger charge is 2.50. The topological polar surface area (TPSA) is 109 Å². The Kier molecular flexibility index (Phi) is 7.55. The number of fused-ring (bicyclic) bond motifs is 2. The lowest BCUT2D eigenvalue weighted by Crippen LogP contribution is -2.69. The van der Waals surface area contributed by atoms with E-state index in [-0.39, 0.29) is 25.4 Å². The second-order valence-electron chi connectivity index (χ2n) is 10.9. The molecule has 3 aromatic carbocycles. The van der Waals surface area contributed by atoms with E-state index in [1.165, 1.54) is 23.2 Å². The summed E-state index contributed by atoms with van der Waals surface area (Å²) in [6.07, 6.45) is -3.10. The molecule has 5 aromatic rings. The van der Waals surface area contributed by atoms with Crippen LogP contribution in [0.2, 0.25) is 0 Å². The number of rotatable bonds is 7. The van der Waals surface area contributed by atoms with Gasteiger partial charge in [-0.05, 0) is 41.0 Å². The minimum atomic E-state index is -5.12. The van der Waals surface area contributed by atoms with E-state index in [0.717, 1.165) is 33.8 Å². The number of carbonyl (C=O) groups excluding carboxylic acids is 2. The lowest BCUT2D eigenvalue weighted by Gasteiger charge is -2.49. The number of alkyl halides is 3. The van der Waals surface area contributed by atoms with Gasteiger partial charge in [0.1, 0.15) is 22.4 Å². The lowest BCUT2D eigenvalue weighted by molar-refractivity contribution is -0.136. The smallest absolute Gasteiger partial charge is 0.421 e. The highest BCUT2D eigenvalue weighted by Crippen LogP contribution is 2.37. The third kappa shape index (κ3) is 5.61. The van der Waals surface area contributed by atoms with E-state index in [0.29, 0.717) is 17.5 Å². The van der Waals surface area contributed by atoms with Crippen LogP contribution in [0.15, 0.2) is 77.7 Å². The summed E-state index contributed by atoms with van der Waals surface area (Å²) in [4.78, 5) is 43.1. The molecule has 0 spiro atoms. The van der Waals surface area contributed by atoms with Crippen LogP contribution in [0, 0.1) is 5.82 Å². The molecule has 2 aromatic heterocycles. The monoisotopic (exact) mass is 621 g/mol. The Balaban J connectivity index is 1.37. The number of benzene rings is 3. The van der Waals surface area contributed by atoms with E-state index in [1.807, 2.05) is 37.3 Å². The van der Waals surface area contributed by atoms with Gasteiger partial charge in [-0.25, -0.2) is 13.7 Å². The maximum absolute atomic E-state index is 14.5. The summed E-state index contributed by atoms with van der Waals surface area (Å²) in [7, 11) is 0. The fraction of sp³-hybridized carbons (Fsp3) is 0.250. The van der Waals surface area contributed by atoms with Crippen LogP contribution in [0.1, 0.15) is 41.4 Å². The summed E-state index contributed by atoms with van der Waals surface area (Å²) in [5, 5.41) is 8.32. The van der Waals surface area contributed by atoms with Crippen molar-refractivity contribution in [1.82, 2.24) is 24.8 Å². The molecule has 9 nitrogen and oxygen atoms in total. The number of H-pyrrole nitrogens is 1. The zero-order chi connectivity index (χ0) is 31.9. The van der Waals surface area contributed by atoms with Crippen molar-refractivity contribution >= 4 is 28.3 Å². The Labute approximate surface area is 253 Å². The molecule has 232 valence electrons. The van der Waals surface area contributed by atoms with Crippen molar-refractivity contribution in [3.8, 4) is 11.3 Å². The van der Waals surface area contributed by atoms with Gasteiger partial charge in [-0.2, -0.15) is 18.3 Å². The average Bonchev–Trinajstić information content (AvgIpc) is 3.40. The van der Waals surface area contributed by atoms with Gasteiger partial charge in [-0.15, -0.1) is 0 Å². The normalized spacial score (nSPS) is 14.4. The SMILES string of the molecule is CCCCOC(=O)N1CC(NC(=O)c2nn3cc(-c4ccc5ccccc5c4)[nH]c(=O)c3c2C(F)(F)F)(c2ccc(F)cc2)C1. The molecule has 0 atom stereocenters. The van der Waals surface area contributed by atoms with Crippen molar-refractivity contribution in [1.29, 1.82) is 0 Å². The summed E-state index contributed by atoms with van der Waals surface area (Å²) in [5.74, 6) is -1.78. The first-order valence-electron chi connectivity index (χ1n) is 14.2. The van der Waals surface area contributed by atoms with Crippen LogP contribution < -0.4 is 10.9 Å². The molecular weight excluding hydrogens is 594 g/mol. The number of carbonyl (C=O) groups is 2. The van der Waals surface area contributed by atoms with Crippen molar-refractivity contribution in [2.45, 2.75) is 31.5 Å². The fourth-order valence-electron chi connectivity index (χ4n) is 5.52. The third-order valence-electron chi connectivity index (χ3n) is 7.84. The van der Waals surface area contributed by atoms with Crippen molar-refractivity contribution in [3.63, 3.8) is 0 Å². The van der Waals surface area contributed by atoms with Gasteiger partial charge in [0.25, 0.3) is 11.5 Å². The number of hydrogen-bond donors (Lipinski definition) is 2. The fourth-order valence-corrected chi connectivity index (χ4v) is 5.52. The highest BCUT2D eigenvalue weighted by atomic mass is 19.4. The molecule has 1 aliphatic rings. The van der Waals surface area contributed by atoms with Gasteiger partial charge >= 0.3 is 12.3 Å². The molecule has 0 bridgehead atoms. The Morgan fingerprint density at radius 2 is 1.76 bits per heavy atom. The van der Waals surface area contributed by atoms with Crippen LogP contribution in [-0.2, 0) is 16.5 Å². The number of aromatic amines is 1. The van der Waals surface area contributed by atoms with Crippen LogP contribution >= 0.6 is 0 Å².